The van der Waals surface area contributed by atoms with Crippen LogP contribution in [0.2, 0.25) is 0 Å². The summed E-state index contributed by atoms with van der Waals surface area (Å²) in [4.78, 5) is 1.33. The minimum atomic E-state index is -0.117. The van der Waals surface area contributed by atoms with E-state index in [2.05, 4.69) is 32.7 Å². The van der Waals surface area contributed by atoms with Gasteiger partial charge in [0, 0.05) is 48.0 Å². The summed E-state index contributed by atoms with van der Waals surface area (Å²) in [5, 5.41) is 5.53. The smallest absolute Gasteiger partial charge is 0.106 e. The van der Waals surface area contributed by atoms with Crippen LogP contribution in [0, 0.1) is 0 Å². The molecule has 0 aliphatic carbocycles. The van der Waals surface area contributed by atoms with Gasteiger partial charge in [0.05, 0.1) is 6.61 Å². The first-order valence-electron chi connectivity index (χ1n) is 5.31. The Morgan fingerprint density at radius 3 is 3.12 bits per heavy atom. The van der Waals surface area contributed by atoms with E-state index in [9.17, 15) is 0 Å². The third-order valence-electron chi connectivity index (χ3n) is 2.87. The lowest BCUT2D eigenvalue weighted by Crippen LogP contribution is -2.42. The first kappa shape index (κ1) is 12.5. The number of halogens is 1. The molecule has 0 saturated carbocycles. The van der Waals surface area contributed by atoms with Gasteiger partial charge in [-0.15, -0.1) is 11.3 Å². The summed E-state index contributed by atoms with van der Waals surface area (Å²) in [6, 6.07) is 2.14. The number of thiophene rings is 1. The molecule has 1 unspecified atom stereocenters. The van der Waals surface area contributed by atoms with Crippen LogP contribution in [0.25, 0.3) is 0 Å². The van der Waals surface area contributed by atoms with Gasteiger partial charge in [0.15, 0.2) is 0 Å². The second kappa shape index (κ2) is 5.60. The quantitative estimate of drug-likeness (QED) is 0.906. The number of methoxy groups -OCH3 is 1. The zero-order valence-corrected chi connectivity index (χ0v) is 11.7. The molecule has 1 fully saturated rings. The van der Waals surface area contributed by atoms with Gasteiger partial charge in [-0.25, -0.2) is 0 Å². The van der Waals surface area contributed by atoms with Gasteiger partial charge in [0.25, 0.3) is 0 Å². The lowest BCUT2D eigenvalue weighted by Gasteiger charge is -2.25. The first-order chi connectivity index (χ1) is 7.74. The van der Waals surface area contributed by atoms with Crippen LogP contribution < -0.4 is 5.32 Å². The van der Waals surface area contributed by atoms with Crippen molar-refractivity contribution in [3.8, 4) is 0 Å². The second-order valence-electron chi connectivity index (χ2n) is 4.02. The van der Waals surface area contributed by atoms with Crippen molar-refractivity contribution in [3.05, 3.63) is 20.8 Å². The summed E-state index contributed by atoms with van der Waals surface area (Å²) in [6.07, 6.45) is 0.977. The fraction of sp³-hybridized carbons (Fsp3) is 0.636. The fourth-order valence-corrected chi connectivity index (χ4v) is 3.24. The van der Waals surface area contributed by atoms with Crippen LogP contribution in [0.15, 0.2) is 15.9 Å². The minimum absolute atomic E-state index is 0.117. The number of hydrogen-bond donors (Lipinski definition) is 1. The highest BCUT2D eigenvalue weighted by atomic mass is 79.9. The Labute approximate surface area is 108 Å². The zero-order chi connectivity index (χ0) is 11.4. The van der Waals surface area contributed by atoms with Crippen molar-refractivity contribution in [2.24, 2.45) is 0 Å². The van der Waals surface area contributed by atoms with Gasteiger partial charge >= 0.3 is 0 Å². The zero-order valence-electron chi connectivity index (χ0n) is 9.29. The van der Waals surface area contributed by atoms with E-state index in [4.69, 9.17) is 9.47 Å². The Kier molecular flexibility index (Phi) is 4.38. The number of hydrogen-bond acceptors (Lipinski definition) is 4. The van der Waals surface area contributed by atoms with Crippen molar-refractivity contribution < 1.29 is 9.47 Å². The summed E-state index contributed by atoms with van der Waals surface area (Å²) in [6.45, 7) is 3.24. The molecule has 0 radical (unpaired) electrons. The van der Waals surface area contributed by atoms with Crippen LogP contribution in [0.3, 0.4) is 0 Å². The van der Waals surface area contributed by atoms with Gasteiger partial charge in [0.2, 0.25) is 0 Å². The maximum atomic E-state index is 5.55. The summed E-state index contributed by atoms with van der Waals surface area (Å²) >= 11 is 5.21. The van der Waals surface area contributed by atoms with Crippen LogP contribution in [0.1, 0.15) is 11.3 Å². The van der Waals surface area contributed by atoms with Crippen molar-refractivity contribution in [1.29, 1.82) is 0 Å². The molecule has 0 spiro atoms. The summed E-state index contributed by atoms with van der Waals surface area (Å²) in [5.74, 6) is 0. The summed E-state index contributed by atoms with van der Waals surface area (Å²) in [7, 11) is 1.76. The summed E-state index contributed by atoms with van der Waals surface area (Å²) < 4.78 is 12.1. The third-order valence-corrected chi connectivity index (χ3v) is 4.57. The van der Waals surface area contributed by atoms with E-state index < -0.39 is 0 Å². The topological polar surface area (TPSA) is 30.5 Å². The fourth-order valence-electron chi connectivity index (χ4n) is 1.82. The highest BCUT2D eigenvalue weighted by Crippen LogP contribution is 2.22. The van der Waals surface area contributed by atoms with E-state index in [-0.39, 0.29) is 5.60 Å². The highest BCUT2D eigenvalue weighted by Gasteiger charge is 2.34. The molecule has 1 N–H and O–H groups in total. The molecule has 0 amide bonds. The largest absolute Gasteiger partial charge is 0.378 e. The Balaban J connectivity index is 1.78. The van der Waals surface area contributed by atoms with E-state index >= 15 is 0 Å². The number of nitrogens with one attached hydrogen (secondary N) is 1. The van der Waals surface area contributed by atoms with Crippen LogP contribution in [-0.2, 0) is 16.0 Å². The van der Waals surface area contributed by atoms with Crippen LogP contribution in [-0.4, -0.2) is 32.5 Å². The molecule has 5 heteroatoms. The number of rotatable bonds is 5. The molecule has 1 aromatic rings. The molecular weight excluding hydrogens is 290 g/mol. The van der Waals surface area contributed by atoms with Crippen molar-refractivity contribution >= 4 is 27.3 Å². The molecule has 0 bridgehead atoms. The average Bonchev–Trinajstić information content (AvgIpc) is 2.89. The summed E-state index contributed by atoms with van der Waals surface area (Å²) in [5.41, 5.74) is -0.117. The molecule has 2 heterocycles. The monoisotopic (exact) mass is 305 g/mol. The average molecular weight is 306 g/mol. The van der Waals surface area contributed by atoms with Crippen LogP contribution in [0.4, 0.5) is 0 Å². The van der Waals surface area contributed by atoms with Crippen molar-refractivity contribution in [2.75, 3.05) is 26.9 Å². The van der Waals surface area contributed by atoms with Gasteiger partial charge in [-0.3, -0.25) is 0 Å². The Morgan fingerprint density at radius 1 is 1.69 bits per heavy atom. The van der Waals surface area contributed by atoms with Crippen molar-refractivity contribution in [1.82, 2.24) is 5.32 Å². The van der Waals surface area contributed by atoms with E-state index in [1.807, 2.05) is 0 Å². The molecule has 1 saturated heterocycles. The van der Waals surface area contributed by atoms with Crippen LogP contribution >= 0.6 is 27.3 Å². The standard InChI is InChI=1S/C11H16BrNO2S/c1-14-11(2-3-15-8-11)7-13-5-10-4-9(12)6-16-10/h4,6,13H,2-3,5,7-8H2,1H3. The lowest BCUT2D eigenvalue weighted by atomic mass is 10.0. The van der Waals surface area contributed by atoms with Gasteiger partial charge < -0.3 is 14.8 Å². The number of ether oxygens (including phenoxy) is 2. The first-order valence-corrected chi connectivity index (χ1v) is 6.98. The lowest BCUT2D eigenvalue weighted by molar-refractivity contribution is -0.0158. The predicted molar refractivity (Wildman–Crippen MR) is 68.9 cm³/mol. The molecule has 1 aromatic heterocycles. The van der Waals surface area contributed by atoms with Gasteiger partial charge in [0.1, 0.15) is 5.60 Å². The maximum Gasteiger partial charge on any atom is 0.106 e. The van der Waals surface area contributed by atoms with Gasteiger partial charge in [-0.1, -0.05) is 0 Å². The Morgan fingerprint density at radius 2 is 2.56 bits per heavy atom. The van der Waals surface area contributed by atoms with Gasteiger partial charge in [-0.05, 0) is 22.0 Å². The predicted octanol–water partition coefficient (Wildman–Crippen LogP) is 2.41. The van der Waals surface area contributed by atoms with Crippen LogP contribution in [0.5, 0.6) is 0 Å². The molecule has 1 atom stereocenters. The molecule has 2 rings (SSSR count). The van der Waals surface area contributed by atoms with E-state index in [1.165, 1.54) is 4.88 Å². The molecule has 90 valence electrons. The Hall–Kier alpha value is 0.0600. The third kappa shape index (κ3) is 3.05. The highest BCUT2D eigenvalue weighted by molar-refractivity contribution is 9.10. The van der Waals surface area contributed by atoms with Gasteiger partial charge in [-0.2, -0.15) is 0 Å². The van der Waals surface area contributed by atoms with E-state index in [0.717, 1.165) is 30.6 Å². The molecule has 1 aliphatic rings. The molecular formula is C11H16BrNO2S. The molecule has 1 aliphatic heterocycles. The molecule has 3 nitrogen and oxygen atoms in total. The van der Waals surface area contributed by atoms with E-state index in [1.54, 1.807) is 18.4 Å². The van der Waals surface area contributed by atoms with Crippen molar-refractivity contribution in [2.45, 2.75) is 18.6 Å². The molecule has 16 heavy (non-hydrogen) atoms. The van der Waals surface area contributed by atoms with E-state index in [0.29, 0.717) is 6.61 Å². The second-order valence-corrected chi connectivity index (χ2v) is 5.94. The maximum absolute atomic E-state index is 5.55. The van der Waals surface area contributed by atoms with Crippen molar-refractivity contribution in [3.63, 3.8) is 0 Å². The Bertz CT molecular complexity index is 336. The minimum Gasteiger partial charge on any atom is -0.378 e. The SMILES string of the molecule is COC1(CNCc2cc(Br)cs2)CCOC1. The molecule has 0 aromatic carbocycles. The normalized spacial score (nSPS) is 25.1.